The number of esters is 1. The van der Waals surface area contributed by atoms with Crippen LogP contribution in [-0.4, -0.2) is 89.6 Å². The van der Waals surface area contributed by atoms with Gasteiger partial charge in [-0.25, -0.2) is 19.2 Å². The molecule has 0 atom stereocenters. The molecule has 0 spiro atoms. The molecule has 8 aromatic carbocycles. The molecular weight excluding hydrogens is 1750 g/mol. The average molecular weight is 1920 g/mol. The second-order valence-electron chi connectivity index (χ2n) is 37.7. The molecule has 22 heteroatoms. The third kappa shape index (κ3) is 43.8. The summed E-state index contributed by atoms with van der Waals surface area (Å²) in [6.45, 7) is 21.1. The number of carbonyl (C=O) groups excluding carboxylic acids is 5. The van der Waals surface area contributed by atoms with Gasteiger partial charge < -0.3 is 85.2 Å². The highest BCUT2D eigenvalue weighted by Gasteiger charge is 2.28. The van der Waals surface area contributed by atoms with Crippen LogP contribution in [0.15, 0.2) is 146 Å². The van der Waals surface area contributed by atoms with E-state index in [-0.39, 0.29) is 31.7 Å². The average Bonchev–Trinajstić information content (AvgIpc) is 0.768. The van der Waals surface area contributed by atoms with Gasteiger partial charge in [-0.3, -0.25) is 4.79 Å². The third-order valence-electron chi connectivity index (χ3n) is 25.2. The molecule has 8 N–H and O–H groups in total. The largest absolute Gasteiger partial charge is 0.494 e. The van der Waals surface area contributed by atoms with E-state index in [1.165, 1.54) is 154 Å². The molecule has 1 aliphatic carbocycles. The Morgan fingerprint density at radius 1 is 0.200 bits per heavy atom. The molecule has 8 bridgehead atoms. The molecule has 1 aliphatic rings. The molecule has 0 aromatic heterocycles. The zero-order valence-electron chi connectivity index (χ0n) is 86.4. The van der Waals surface area contributed by atoms with E-state index >= 15 is 0 Å². The second kappa shape index (κ2) is 68.0. The fourth-order valence-corrected chi connectivity index (χ4v) is 17.8. The first kappa shape index (κ1) is 112. The molecule has 8 aromatic rings. The third-order valence-corrected chi connectivity index (χ3v) is 25.2. The number of ether oxygens (including phenoxy) is 9. The molecule has 0 aliphatic heterocycles. The Morgan fingerprint density at radius 3 is 0.579 bits per heavy atom. The van der Waals surface area contributed by atoms with Gasteiger partial charge in [-0.15, -0.1) is 0 Å². The number of carbonyl (C=O) groups is 5. The van der Waals surface area contributed by atoms with Crippen LogP contribution in [0.2, 0.25) is 0 Å². The van der Waals surface area contributed by atoms with Crippen molar-refractivity contribution in [1.29, 1.82) is 0 Å². The normalized spacial score (nSPS) is 11.5. The molecule has 0 saturated carbocycles. The lowest BCUT2D eigenvalue weighted by molar-refractivity contribution is -0.143. The highest BCUT2D eigenvalue weighted by atomic mass is 16.5. The number of fused-ring (bicyclic) bond motifs is 8. The van der Waals surface area contributed by atoms with Gasteiger partial charge >= 0.3 is 30.1 Å². The highest BCUT2D eigenvalue weighted by molar-refractivity contribution is 6.02. The maximum absolute atomic E-state index is 15.0. The van der Waals surface area contributed by atoms with Crippen molar-refractivity contribution in [2.75, 3.05) is 102 Å². The van der Waals surface area contributed by atoms with Crippen LogP contribution in [0, 0.1) is 0 Å². The van der Waals surface area contributed by atoms with Crippen molar-refractivity contribution in [3.05, 3.63) is 190 Å². The summed E-state index contributed by atoms with van der Waals surface area (Å²) >= 11 is 0. The summed E-state index contributed by atoms with van der Waals surface area (Å²) in [5.41, 5.74) is 9.70. The molecule has 0 fully saturated rings. The number of amides is 8. The van der Waals surface area contributed by atoms with Gasteiger partial charge in [-0.1, -0.05) is 267 Å². The molecule has 766 valence electrons. The van der Waals surface area contributed by atoms with Gasteiger partial charge in [-0.05, 0) is 210 Å². The number of unbranched alkanes of at least 4 members (excludes halogenated alkanes) is 35. The van der Waals surface area contributed by atoms with Gasteiger partial charge in [0.05, 0.1) is 59.5 Å². The van der Waals surface area contributed by atoms with Crippen molar-refractivity contribution >= 4 is 75.6 Å². The van der Waals surface area contributed by atoms with Crippen LogP contribution < -0.4 is 80.4 Å². The predicted octanol–water partition coefficient (Wildman–Crippen LogP) is 32.8. The van der Waals surface area contributed by atoms with Crippen molar-refractivity contribution in [3.8, 4) is 46.0 Å². The molecule has 140 heavy (non-hydrogen) atoms. The van der Waals surface area contributed by atoms with Crippen molar-refractivity contribution in [1.82, 2.24) is 0 Å². The van der Waals surface area contributed by atoms with Gasteiger partial charge in [-0.2, -0.15) is 0 Å². The number of urea groups is 4. The Kier molecular flexibility index (Phi) is 54.5. The zero-order chi connectivity index (χ0) is 99.0. The zero-order valence-corrected chi connectivity index (χ0v) is 86.4. The Hall–Kier alpha value is -11.3. The Balaban J connectivity index is 1.16. The van der Waals surface area contributed by atoms with Crippen molar-refractivity contribution < 1.29 is 66.6 Å². The summed E-state index contributed by atoms with van der Waals surface area (Å²) < 4.78 is 58.9. The number of benzene rings is 8. The first-order chi connectivity index (χ1) is 68.7. The fraction of sp³-hybridized carbons (Fsp3) is 0.551. The van der Waals surface area contributed by atoms with E-state index in [4.69, 9.17) is 42.6 Å². The van der Waals surface area contributed by atoms with Crippen molar-refractivity contribution in [2.24, 2.45) is 0 Å². The van der Waals surface area contributed by atoms with Crippen LogP contribution >= 0.6 is 0 Å². The first-order valence-electron chi connectivity index (χ1n) is 54.2. The quantitative estimate of drug-likeness (QED) is 0.0130. The SMILES string of the molecule is CCCCCCCCCCOc1ccc(NC(=O)Nc2cc3c(OCCC)c(c2)Cc2cc(NC(=O)Nc4ccc(OCCCCCCCCCC)cc4)cc(c2OCCC)Cc2cc(NC(=O)Nc4ccc(OCCCCCCCCCC)cc4)cc(c2OCCCCCCCCCCC(=O)OCC)Cc2cc(NC(=O)Nc4ccc(OCCCCCCCCCC)cc4)cc(c2OCCC)C3)cc1. The van der Waals surface area contributed by atoms with Gasteiger partial charge in [0.25, 0.3) is 0 Å². The second-order valence-corrected chi connectivity index (χ2v) is 37.7. The van der Waals surface area contributed by atoms with Crippen LogP contribution in [0.4, 0.5) is 64.7 Å². The Bertz CT molecular complexity index is 4660. The summed E-state index contributed by atoms with van der Waals surface area (Å²) in [6.07, 6.45) is 48.8. The predicted molar refractivity (Wildman–Crippen MR) is 577 cm³/mol. The molecule has 0 unspecified atom stereocenters. The standard InChI is InChI=1S/C118H170N8O14/c1-9-17-21-25-29-36-42-48-73-133-106-62-54-98(55-63-106)119-115(128)123-102-82-90-78-92-84-103(124-116(129)120-99-56-64-107(65-57-99)134-74-49-43-37-30-26-22-18-10-2)86-94(112(92)138-71-14-6)80-96-88-105(126-118(131)122-101-60-68-109(69-61-101)136-76-51-45-39-32-28-24-20-12-4)89-97(114(96)140-77-52-46-40-34-33-35-41-47-53-110(127)132-16-8)81-95-87-104(85-93(113(95)139-72-15-7)79-91(83-102)111(90)137-70-13-5)125-117(130)121-100-58-66-108(67-59-100)135-75-50-44-38-31-27-23-19-11-3/h54-69,82-89H,9-53,70-81H2,1-8H3,(H2,119,123,128)(H2,120,124,129)(H2,121,125,130)(H2,122,126,131). The number of nitrogens with one attached hydrogen (secondary N) is 8. The minimum Gasteiger partial charge on any atom is -0.494 e. The topological polar surface area (TPSA) is 265 Å². The van der Waals surface area contributed by atoms with Gasteiger partial charge in [0.15, 0.2) is 0 Å². The van der Waals surface area contributed by atoms with E-state index in [0.717, 1.165) is 126 Å². The molecule has 8 amide bonds. The van der Waals surface area contributed by atoms with E-state index in [1.807, 2.05) is 153 Å². The van der Waals surface area contributed by atoms with Gasteiger partial charge in [0, 0.05) is 122 Å². The Labute approximate surface area is 839 Å². The smallest absolute Gasteiger partial charge is 0.323 e. The maximum atomic E-state index is 15.0. The molecule has 0 radical (unpaired) electrons. The van der Waals surface area contributed by atoms with E-state index in [0.29, 0.717) is 198 Å². The van der Waals surface area contributed by atoms with E-state index in [1.54, 1.807) is 0 Å². The number of hydrogen-bond donors (Lipinski definition) is 8. The molecular formula is C118H170N8O14. The van der Waals surface area contributed by atoms with E-state index < -0.39 is 24.1 Å². The fourth-order valence-electron chi connectivity index (χ4n) is 17.8. The molecule has 22 nitrogen and oxygen atoms in total. The summed E-state index contributed by atoms with van der Waals surface area (Å²) in [5.74, 6) is 5.02. The summed E-state index contributed by atoms with van der Waals surface area (Å²) in [4.78, 5) is 71.8. The number of anilines is 8. The number of hydrogen-bond acceptors (Lipinski definition) is 14. The lowest BCUT2D eigenvalue weighted by Gasteiger charge is -2.25. The lowest BCUT2D eigenvalue weighted by atomic mass is 9.90. The van der Waals surface area contributed by atoms with Crippen LogP contribution in [-0.2, 0) is 35.2 Å². The van der Waals surface area contributed by atoms with E-state index in [2.05, 4.69) is 91.0 Å². The van der Waals surface area contributed by atoms with Gasteiger partial charge in [0.2, 0.25) is 0 Å². The summed E-state index contributed by atoms with van der Waals surface area (Å²) in [6, 6.07) is 43.5. The van der Waals surface area contributed by atoms with Crippen LogP contribution in [0.3, 0.4) is 0 Å². The van der Waals surface area contributed by atoms with Crippen molar-refractivity contribution in [3.63, 3.8) is 0 Å². The maximum Gasteiger partial charge on any atom is 0.323 e. The van der Waals surface area contributed by atoms with Crippen LogP contribution in [0.5, 0.6) is 46.0 Å². The van der Waals surface area contributed by atoms with Crippen LogP contribution in [0.25, 0.3) is 0 Å². The molecule has 9 rings (SSSR count). The number of rotatable bonds is 70. The molecule has 0 saturated heterocycles. The van der Waals surface area contributed by atoms with Crippen LogP contribution in [0.1, 0.15) is 382 Å². The molecule has 0 heterocycles. The monoisotopic (exact) mass is 1920 g/mol. The van der Waals surface area contributed by atoms with Gasteiger partial charge in [0.1, 0.15) is 46.0 Å². The first-order valence-corrected chi connectivity index (χ1v) is 54.2. The summed E-state index contributed by atoms with van der Waals surface area (Å²) in [5, 5.41) is 25.5. The lowest BCUT2D eigenvalue weighted by Crippen LogP contribution is -2.21. The summed E-state index contributed by atoms with van der Waals surface area (Å²) in [7, 11) is 0. The van der Waals surface area contributed by atoms with E-state index in [9.17, 15) is 24.0 Å². The highest BCUT2D eigenvalue weighted by Crippen LogP contribution is 2.44. The minimum atomic E-state index is -0.485. The minimum absolute atomic E-state index is 0.147. The van der Waals surface area contributed by atoms with Crippen molar-refractivity contribution in [2.45, 2.75) is 364 Å². The Morgan fingerprint density at radius 2 is 0.379 bits per heavy atom.